The Morgan fingerprint density at radius 3 is 1.79 bits per heavy atom. The number of nitrogens with zero attached hydrogens (tertiary/aromatic N) is 2. The van der Waals surface area contributed by atoms with Crippen molar-refractivity contribution in [1.82, 2.24) is 9.80 Å². The minimum Gasteiger partial charge on any atom is -0.473 e. The zero-order valence-corrected chi connectivity index (χ0v) is 16.5. The van der Waals surface area contributed by atoms with Crippen molar-refractivity contribution in [1.29, 1.82) is 0 Å². The van der Waals surface area contributed by atoms with Crippen molar-refractivity contribution in [2.24, 2.45) is 0 Å². The molecule has 0 saturated carbocycles. The summed E-state index contributed by atoms with van der Waals surface area (Å²) in [4.78, 5) is 23.3. The van der Waals surface area contributed by atoms with E-state index in [1.54, 1.807) is 0 Å². The smallest absolute Gasteiger partial charge is 0.414 e. The van der Waals surface area contributed by atoms with Crippen LogP contribution in [0.3, 0.4) is 0 Å². The van der Waals surface area contributed by atoms with Gasteiger partial charge in [0.05, 0.1) is 0 Å². The molecule has 0 amide bonds. The Balaban J connectivity index is 0.000000409. The second-order valence-electron chi connectivity index (χ2n) is 7.07. The highest BCUT2D eigenvalue weighted by atomic mass is 16.4. The normalized spacial score (nSPS) is 14.8. The number of hydrogen-bond acceptors (Lipinski definition) is 4. The van der Waals surface area contributed by atoms with E-state index in [0.29, 0.717) is 0 Å². The largest absolute Gasteiger partial charge is 0.473 e. The van der Waals surface area contributed by atoms with E-state index in [0.717, 1.165) is 13.1 Å². The second kappa shape index (κ2) is 10.6. The highest BCUT2D eigenvalue weighted by Crippen LogP contribution is 2.14. The minimum atomic E-state index is -1.82. The van der Waals surface area contributed by atoms with Crippen LogP contribution >= 0.6 is 0 Å². The molecule has 3 rings (SSSR count). The zero-order valence-electron chi connectivity index (χ0n) is 16.5. The fourth-order valence-electron chi connectivity index (χ4n) is 3.09. The maximum atomic E-state index is 9.10. The summed E-state index contributed by atoms with van der Waals surface area (Å²) in [6.45, 7) is 11.2. The molecule has 0 aromatic heterocycles. The molecule has 2 aromatic carbocycles. The lowest BCUT2D eigenvalue weighted by molar-refractivity contribution is -0.159. The molecule has 28 heavy (non-hydrogen) atoms. The number of hydrogen-bond donors (Lipinski definition) is 2. The Kier molecular flexibility index (Phi) is 8.17. The van der Waals surface area contributed by atoms with E-state index in [1.807, 2.05) is 0 Å². The second-order valence-corrected chi connectivity index (χ2v) is 7.07. The van der Waals surface area contributed by atoms with Crippen molar-refractivity contribution < 1.29 is 19.8 Å². The Morgan fingerprint density at radius 2 is 1.29 bits per heavy atom. The van der Waals surface area contributed by atoms with Crippen LogP contribution < -0.4 is 0 Å². The number of carboxylic acid groups (broad SMARTS) is 2. The first kappa shape index (κ1) is 21.6. The lowest BCUT2D eigenvalue weighted by atomic mass is 10.1. The SMILES string of the molecule is Cc1ccc(CN2CCN(Cc3ccccc3C)CC2)cc1.O=C(O)C(=O)O. The van der Waals surface area contributed by atoms with Crippen LogP contribution in [-0.4, -0.2) is 58.1 Å². The molecule has 1 aliphatic rings. The molecule has 1 aliphatic heterocycles. The number of aliphatic carboxylic acids is 2. The molecule has 0 spiro atoms. The Hall–Kier alpha value is -2.70. The van der Waals surface area contributed by atoms with E-state index in [-0.39, 0.29) is 0 Å². The maximum absolute atomic E-state index is 9.10. The molecule has 1 fully saturated rings. The van der Waals surface area contributed by atoms with E-state index in [9.17, 15) is 0 Å². The number of carboxylic acids is 2. The fourth-order valence-corrected chi connectivity index (χ4v) is 3.09. The van der Waals surface area contributed by atoms with Gasteiger partial charge in [-0.15, -0.1) is 0 Å². The van der Waals surface area contributed by atoms with Crippen LogP contribution in [0.5, 0.6) is 0 Å². The average Bonchev–Trinajstić information content (AvgIpc) is 2.67. The third-order valence-electron chi connectivity index (χ3n) is 4.83. The highest BCUT2D eigenvalue weighted by Gasteiger charge is 2.17. The fraction of sp³-hybridized carbons (Fsp3) is 0.364. The quantitative estimate of drug-likeness (QED) is 0.789. The molecule has 6 nitrogen and oxygen atoms in total. The van der Waals surface area contributed by atoms with Gasteiger partial charge in [-0.25, -0.2) is 9.59 Å². The van der Waals surface area contributed by atoms with Gasteiger partial charge in [0.15, 0.2) is 0 Å². The molecule has 0 atom stereocenters. The molecule has 2 N–H and O–H groups in total. The van der Waals surface area contributed by atoms with Gasteiger partial charge in [-0.05, 0) is 30.5 Å². The molecular weight excluding hydrogens is 356 g/mol. The van der Waals surface area contributed by atoms with Gasteiger partial charge in [-0.2, -0.15) is 0 Å². The van der Waals surface area contributed by atoms with Crippen molar-refractivity contribution in [3.63, 3.8) is 0 Å². The number of rotatable bonds is 4. The third kappa shape index (κ3) is 7.13. The molecule has 150 valence electrons. The number of carbonyl (C=O) groups is 2. The molecular formula is C22H28N2O4. The van der Waals surface area contributed by atoms with Crippen molar-refractivity contribution in [2.45, 2.75) is 26.9 Å². The molecule has 1 heterocycles. The van der Waals surface area contributed by atoms with E-state index < -0.39 is 11.9 Å². The zero-order chi connectivity index (χ0) is 20.5. The van der Waals surface area contributed by atoms with Gasteiger partial charge in [0.2, 0.25) is 0 Å². The predicted molar refractivity (Wildman–Crippen MR) is 108 cm³/mol. The monoisotopic (exact) mass is 384 g/mol. The van der Waals surface area contributed by atoms with Gasteiger partial charge >= 0.3 is 11.9 Å². The summed E-state index contributed by atoms with van der Waals surface area (Å²) < 4.78 is 0. The van der Waals surface area contributed by atoms with Crippen LogP contribution in [0.25, 0.3) is 0 Å². The lowest BCUT2D eigenvalue weighted by Crippen LogP contribution is -2.45. The number of benzene rings is 2. The Morgan fingerprint density at radius 1 is 0.786 bits per heavy atom. The summed E-state index contributed by atoms with van der Waals surface area (Å²) in [5, 5.41) is 14.8. The lowest BCUT2D eigenvalue weighted by Gasteiger charge is -2.35. The number of aryl methyl sites for hydroxylation is 2. The van der Waals surface area contributed by atoms with Crippen LogP contribution in [0.4, 0.5) is 0 Å². The van der Waals surface area contributed by atoms with Crippen molar-refractivity contribution in [2.75, 3.05) is 26.2 Å². The molecule has 6 heteroatoms. The third-order valence-corrected chi connectivity index (χ3v) is 4.83. The van der Waals surface area contributed by atoms with Gasteiger partial charge in [0, 0.05) is 39.3 Å². The van der Waals surface area contributed by atoms with Gasteiger partial charge < -0.3 is 10.2 Å². The van der Waals surface area contributed by atoms with Crippen LogP contribution in [0.2, 0.25) is 0 Å². The highest BCUT2D eigenvalue weighted by molar-refractivity contribution is 6.27. The Bertz CT molecular complexity index is 769. The van der Waals surface area contributed by atoms with E-state index in [1.165, 1.54) is 48.4 Å². The van der Waals surface area contributed by atoms with Gasteiger partial charge in [0.1, 0.15) is 0 Å². The van der Waals surface area contributed by atoms with Crippen LogP contribution in [0.1, 0.15) is 22.3 Å². The Labute approximate surface area is 166 Å². The summed E-state index contributed by atoms with van der Waals surface area (Å²) in [6.07, 6.45) is 0. The molecule has 0 bridgehead atoms. The summed E-state index contributed by atoms with van der Waals surface area (Å²) in [5.74, 6) is -3.65. The van der Waals surface area contributed by atoms with Crippen LogP contribution in [-0.2, 0) is 22.7 Å². The van der Waals surface area contributed by atoms with Crippen LogP contribution in [0.15, 0.2) is 48.5 Å². The summed E-state index contributed by atoms with van der Waals surface area (Å²) >= 11 is 0. The predicted octanol–water partition coefficient (Wildman–Crippen LogP) is 2.78. The average molecular weight is 384 g/mol. The first-order chi connectivity index (χ1) is 13.3. The molecule has 0 aliphatic carbocycles. The number of piperazine rings is 1. The molecule has 0 unspecified atom stereocenters. The summed E-state index contributed by atoms with van der Waals surface area (Å²) in [5.41, 5.74) is 5.64. The van der Waals surface area contributed by atoms with Gasteiger partial charge in [0.25, 0.3) is 0 Å². The summed E-state index contributed by atoms with van der Waals surface area (Å²) in [7, 11) is 0. The van der Waals surface area contributed by atoms with Gasteiger partial charge in [-0.1, -0.05) is 54.1 Å². The minimum absolute atomic E-state index is 1.08. The van der Waals surface area contributed by atoms with Crippen molar-refractivity contribution in [3.8, 4) is 0 Å². The van der Waals surface area contributed by atoms with E-state index in [2.05, 4.69) is 72.2 Å². The van der Waals surface area contributed by atoms with Crippen LogP contribution in [0, 0.1) is 13.8 Å². The topological polar surface area (TPSA) is 81.1 Å². The van der Waals surface area contributed by atoms with E-state index in [4.69, 9.17) is 19.8 Å². The first-order valence-corrected chi connectivity index (χ1v) is 9.36. The van der Waals surface area contributed by atoms with Gasteiger partial charge in [-0.3, -0.25) is 9.80 Å². The van der Waals surface area contributed by atoms with Crippen molar-refractivity contribution >= 4 is 11.9 Å². The summed E-state index contributed by atoms with van der Waals surface area (Å²) in [6, 6.07) is 17.7. The first-order valence-electron chi connectivity index (χ1n) is 9.36. The maximum Gasteiger partial charge on any atom is 0.414 e. The molecule has 0 radical (unpaired) electrons. The molecule has 2 aromatic rings. The van der Waals surface area contributed by atoms with E-state index >= 15 is 0 Å². The van der Waals surface area contributed by atoms with Crippen molar-refractivity contribution in [3.05, 3.63) is 70.8 Å². The standard InChI is InChI=1S/C20H26N2.C2H2O4/c1-17-7-9-19(10-8-17)15-21-11-13-22(14-12-21)16-20-6-4-3-5-18(20)2;3-1(4)2(5)6/h3-10H,11-16H2,1-2H3;(H,3,4)(H,5,6). The molecule has 1 saturated heterocycles.